The summed E-state index contributed by atoms with van der Waals surface area (Å²) >= 11 is 0. The number of hydrogen-bond acceptors (Lipinski definition) is 3. The molecule has 3 heterocycles. The van der Waals surface area contributed by atoms with Crippen molar-refractivity contribution in [3.05, 3.63) is 131 Å². The fourth-order valence-electron chi connectivity index (χ4n) is 6.94. The molecule has 1 unspecified atom stereocenters. The van der Waals surface area contributed by atoms with Crippen molar-refractivity contribution in [1.29, 1.82) is 0 Å². The second-order valence-corrected chi connectivity index (χ2v) is 9.89. The summed E-state index contributed by atoms with van der Waals surface area (Å²) in [6.45, 7) is 0. The quantitative estimate of drug-likeness (QED) is 0.405. The molecule has 5 nitrogen and oxygen atoms in total. The van der Waals surface area contributed by atoms with E-state index in [0.29, 0.717) is 6.42 Å². The minimum Gasteiger partial charge on any atom is -0.325 e. The molecular weight excluding hydrogens is 446 g/mol. The topological polar surface area (TPSA) is 70.2 Å². The summed E-state index contributed by atoms with van der Waals surface area (Å²) in [6, 6.07) is 35.8. The summed E-state index contributed by atoms with van der Waals surface area (Å²) < 4.78 is 0. The van der Waals surface area contributed by atoms with Crippen molar-refractivity contribution in [2.75, 3.05) is 10.6 Å². The number of carbonyl (C=O) groups excluding carboxylic acids is 2. The van der Waals surface area contributed by atoms with Crippen LogP contribution in [0.25, 0.3) is 0 Å². The van der Waals surface area contributed by atoms with Crippen molar-refractivity contribution in [2.24, 2.45) is 0 Å². The molecule has 0 saturated carbocycles. The normalized spacial score (nSPS) is 27.7. The highest BCUT2D eigenvalue weighted by atomic mass is 16.2. The van der Waals surface area contributed by atoms with Gasteiger partial charge < -0.3 is 10.6 Å². The minimum atomic E-state index is -1.26. The third-order valence-corrected chi connectivity index (χ3v) is 8.20. The zero-order chi connectivity index (χ0) is 24.3. The van der Waals surface area contributed by atoms with Crippen LogP contribution in [0.5, 0.6) is 0 Å². The summed E-state index contributed by atoms with van der Waals surface area (Å²) in [7, 11) is 0. The van der Waals surface area contributed by atoms with E-state index in [1.54, 1.807) is 0 Å². The Hall–Kier alpha value is -4.22. The average Bonchev–Trinajstić information content (AvgIpc) is 3.49. The first-order valence-corrected chi connectivity index (χ1v) is 12.3. The molecule has 3 aliphatic heterocycles. The summed E-state index contributed by atoms with van der Waals surface area (Å²) in [5, 5.41) is 10.1. The number of hydrogen-bond donors (Lipinski definition) is 3. The highest BCUT2D eigenvalue weighted by Gasteiger charge is 2.76. The number of benzene rings is 4. The van der Waals surface area contributed by atoms with Crippen LogP contribution in [0.15, 0.2) is 109 Å². The Labute approximate surface area is 209 Å². The molecule has 1 saturated heterocycles. The molecule has 4 aromatic rings. The van der Waals surface area contributed by atoms with E-state index in [0.717, 1.165) is 33.6 Å². The fourth-order valence-corrected chi connectivity index (χ4v) is 6.94. The molecule has 5 heteroatoms. The van der Waals surface area contributed by atoms with Gasteiger partial charge in [0.25, 0.3) is 5.91 Å². The van der Waals surface area contributed by atoms with Crippen molar-refractivity contribution in [2.45, 2.75) is 29.3 Å². The maximum absolute atomic E-state index is 14.4. The van der Waals surface area contributed by atoms with Crippen LogP contribution < -0.4 is 16.0 Å². The Morgan fingerprint density at radius 3 is 1.89 bits per heavy atom. The van der Waals surface area contributed by atoms with Gasteiger partial charge in [-0.1, -0.05) is 97.1 Å². The molecule has 3 N–H and O–H groups in total. The summed E-state index contributed by atoms with van der Waals surface area (Å²) in [5.74, 6) is -0.626. The van der Waals surface area contributed by atoms with E-state index < -0.39 is 11.0 Å². The van der Waals surface area contributed by atoms with Crippen LogP contribution in [0.4, 0.5) is 11.4 Å². The number of fused-ring (bicyclic) bond motifs is 5. The van der Waals surface area contributed by atoms with E-state index in [4.69, 9.17) is 0 Å². The molecule has 176 valence electrons. The second-order valence-electron chi connectivity index (χ2n) is 9.89. The van der Waals surface area contributed by atoms with Crippen LogP contribution in [0.3, 0.4) is 0 Å². The Kier molecular flexibility index (Phi) is 4.48. The number of rotatable bonds is 3. The fraction of sp³-hybridized carbons (Fsp3) is 0.161. The number of carbonyl (C=O) groups is 2. The van der Waals surface area contributed by atoms with E-state index >= 15 is 0 Å². The SMILES string of the molecule is O=C1Nc2ccccc2[C@]12NC(Cc1ccccc1)[C@H](c1ccccc1)[C@@]21C(=O)Nc2ccccc21. The monoisotopic (exact) mass is 471 g/mol. The molecule has 2 spiro atoms. The second kappa shape index (κ2) is 7.64. The molecule has 7 rings (SSSR count). The molecular formula is C31H25N3O2. The highest BCUT2D eigenvalue weighted by molar-refractivity contribution is 6.18. The Balaban J connectivity index is 1.56. The first-order chi connectivity index (χ1) is 17.7. The van der Waals surface area contributed by atoms with E-state index in [1.165, 1.54) is 0 Å². The van der Waals surface area contributed by atoms with Crippen LogP contribution in [0, 0.1) is 0 Å². The maximum Gasteiger partial charge on any atom is 0.250 e. The molecule has 2 amide bonds. The minimum absolute atomic E-state index is 0.146. The van der Waals surface area contributed by atoms with Crippen LogP contribution in [-0.4, -0.2) is 17.9 Å². The summed E-state index contributed by atoms with van der Waals surface area (Å²) in [6.07, 6.45) is 0.675. The van der Waals surface area contributed by atoms with Gasteiger partial charge in [0.2, 0.25) is 5.91 Å². The first kappa shape index (κ1) is 21.1. The molecule has 4 atom stereocenters. The average molecular weight is 472 g/mol. The Morgan fingerprint density at radius 2 is 1.17 bits per heavy atom. The van der Waals surface area contributed by atoms with Gasteiger partial charge in [0.15, 0.2) is 0 Å². The predicted molar refractivity (Wildman–Crippen MR) is 140 cm³/mol. The number of amides is 2. The van der Waals surface area contributed by atoms with Crippen molar-refractivity contribution in [1.82, 2.24) is 5.32 Å². The maximum atomic E-state index is 14.4. The molecule has 3 aliphatic rings. The predicted octanol–water partition coefficient (Wildman–Crippen LogP) is 4.72. The lowest BCUT2D eigenvalue weighted by Crippen LogP contribution is -2.60. The van der Waals surface area contributed by atoms with Crippen molar-refractivity contribution >= 4 is 23.2 Å². The molecule has 0 aromatic heterocycles. The number of anilines is 2. The van der Waals surface area contributed by atoms with E-state index in [-0.39, 0.29) is 23.8 Å². The third kappa shape index (κ3) is 2.58. The molecule has 1 fully saturated rings. The zero-order valence-corrected chi connectivity index (χ0v) is 19.6. The van der Waals surface area contributed by atoms with Gasteiger partial charge in [-0.2, -0.15) is 0 Å². The Morgan fingerprint density at radius 1 is 0.611 bits per heavy atom. The van der Waals surface area contributed by atoms with Crippen LogP contribution in [-0.2, 0) is 27.0 Å². The largest absolute Gasteiger partial charge is 0.325 e. The smallest absolute Gasteiger partial charge is 0.250 e. The third-order valence-electron chi connectivity index (χ3n) is 8.20. The van der Waals surface area contributed by atoms with Gasteiger partial charge in [0.05, 0.1) is 0 Å². The van der Waals surface area contributed by atoms with Crippen LogP contribution in [0.1, 0.15) is 28.2 Å². The summed E-state index contributed by atoms with van der Waals surface area (Å²) in [4.78, 5) is 28.6. The highest BCUT2D eigenvalue weighted by Crippen LogP contribution is 2.64. The van der Waals surface area contributed by atoms with Gasteiger partial charge in [-0.25, -0.2) is 0 Å². The van der Waals surface area contributed by atoms with Crippen LogP contribution >= 0.6 is 0 Å². The molecule has 0 aliphatic carbocycles. The lowest BCUT2D eigenvalue weighted by Gasteiger charge is -2.40. The van der Waals surface area contributed by atoms with Crippen LogP contribution in [0.2, 0.25) is 0 Å². The molecule has 36 heavy (non-hydrogen) atoms. The van der Waals surface area contributed by atoms with E-state index in [1.807, 2.05) is 84.9 Å². The molecule has 0 radical (unpaired) electrons. The molecule has 0 bridgehead atoms. The zero-order valence-electron chi connectivity index (χ0n) is 19.6. The van der Waals surface area contributed by atoms with Gasteiger partial charge in [0.1, 0.15) is 11.0 Å². The standard InChI is InChI=1S/C31H25N3O2/c35-28-30(22-15-7-9-17-24(22)32-28)27(21-13-5-2-6-14-21)26(19-20-11-3-1-4-12-20)34-31(30)23-16-8-10-18-25(23)33-29(31)36/h1-18,26-27,34H,19H2,(H,32,35)(H,33,36)/t26?,27-,30-,31-/m0/s1. The van der Waals surface area contributed by atoms with Gasteiger partial charge in [0, 0.05) is 28.9 Å². The lowest BCUT2D eigenvalue weighted by atomic mass is 9.57. The van der Waals surface area contributed by atoms with E-state index in [2.05, 4.69) is 40.2 Å². The number of para-hydroxylation sites is 2. The first-order valence-electron chi connectivity index (χ1n) is 12.3. The van der Waals surface area contributed by atoms with Crippen molar-refractivity contribution in [3.63, 3.8) is 0 Å². The van der Waals surface area contributed by atoms with Gasteiger partial charge in [-0.05, 0) is 35.2 Å². The lowest BCUT2D eigenvalue weighted by molar-refractivity contribution is -0.132. The van der Waals surface area contributed by atoms with Crippen molar-refractivity contribution in [3.8, 4) is 0 Å². The number of nitrogens with one attached hydrogen (secondary N) is 3. The molecule has 4 aromatic carbocycles. The van der Waals surface area contributed by atoms with Gasteiger partial charge in [-0.3, -0.25) is 14.9 Å². The van der Waals surface area contributed by atoms with Gasteiger partial charge >= 0.3 is 0 Å². The van der Waals surface area contributed by atoms with Gasteiger partial charge in [-0.15, -0.1) is 0 Å². The Bertz CT molecular complexity index is 1500. The summed E-state index contributed by atoms with van der Waals surface area (Å²) in [5.41, 5.74) is 2.94. The van der Waals surface area contributed by atoms with Crippen molar-refractivity contribution < 1.29 is 9.59 Å². The van der Waals surface area contributed by atoms with E-state index in [9.17, 15) is 9.59 Å².